The molecule has 1 aromatic carbocycles. The molecular formula is C13H19BrN2O3. The fourth-order valence-electron chi connectivity index (χ4n) is 1.60. The molecule has 0 unspecified atom stereocenters. The number of methoxy groups -OCH3 is 2. The van der Waals surface area contributed by atoms with Crippen LogP contribution in [0.1, 0.15) is 10.4 Å². The minimum atomic E-state index is -0.118. The van der Waals surface area contributed by atoms with E-state index in [1.807, 2.05) is 0 Å². The molecule has 1 amide bonds. The van der Waals surface area contributed by atoms with Gasteiger partial charge in [0.05, 0.1) is 18.8 Å². The Morgan fingerprint density at radius 2 is 1.84 bits per heavy atom. The normalized spacial score (nSPS) is 10.5. The number of anilines is 1. The lowest BCUT2D eigenvalue weighted by atomic mass is 10.1. The van der Waals surface area contributed by atoms with E-state index in [0.717, 1.165) is 4.47 Å². The number of nitrogens with zero attached hydrogens (tertiary/aromatic N) is 1. The average Bonchev–Trinajstić information content (AvgIpc) is 2.41. The van der Waals surface area contributed by atoms with Crippen LogP contribution < -0.4 is 5.73 Å². The number of hydrogen-bond donors (Lipinski definition) is 1. The van der Waals surface area contributed by atoms with Gasteiger partial charge in [0.1, 0.15) is 0 Å². The molecule has 0 atom stereocenters. The highest BCUT2D eigenvalue weighted by molar-refractivity contribution is 9.10. The smallest absolute Gasteiger partial charge is 0.256 e. The number of carbonyl (C=O) groups is 1. The van der Waals surface area contributed by atoms with E-state index in [-0.39, 0.29) is 5.91 Å². The first-order chi connectivity index (χ1) is 9.10. The van der Waals surface area contributed by atoms with Gasteiger partial charge in [-0.05, 0) is 18.2 Å². The summed E-state index contributed by atoms with van der Waals surface area (Å²) in [6, 6.07) is 5.24. The molecule has 0 aliphatic heterocycles. The number of nitrogens with two attached hydrogens (primary N) is 1. The zero-order valence-electron chi connectivity index (χ0n) is 11.2. The largest absolute Gasteiger partial charge is 0.398 e. The van der Waals surface area contributed by atoms with Gasteiger partial charge in [0.15, 0.2) is 0 Å². The predicted molar refractivity (Wildman–Crippen MR) is 78.2 cm³/mol. The number of ether oxygens (including phenoxy) is 2. The second-order valence-corrected chi connectivity index (χ2v) is 4.93. The maximum Gasteiger partial charge on any atom is 0.256 e. The lowest BCUT2D eigenvalue weighted by Crippen LogP contribution is -2.36. The van der Waals surface area contributed by atoms with E-state index in [4.69, 9.17) is 15.2 Å². The fourth-order valence-corrected chi connectivity index (χ4v) is 1.96. The first-order valence-electron chi connectivity index (χ1n) is 5.92. The topological polar surface area (TPSA) is 64.8 Å². The van der Waals surface area contributed by atoms with Crippen LogP contribution in [0.25, 0.3) is 0 Å². The van der Waals surface area contributed by atoms with Gasteiger partial charge in [-0.1, -0.05) is 15.9 Å². The second kappa shape index (κ2) is 8.14. The van der Waals surface area contributed by atoms with Crippen LogP contribution >= 0.6 is 15.9 Å². The van der Waals surface area contributed by atoms with Crippen LogP contribution in [0.3, 0.4) is 0 Å². The van der Waals surface area contributed by atoms with Gasteiger partial charge in [0, 0.05) is 37.5 Å². The summed E-state index contributed by atoms with van der Waals surface area (Å²) < 4.78 is 10.9. The van der Waals surface area contributed by atoms with E-state index in [9.17, 15) is 4.79 Å². The lowest BCUT2D eigenvalue weighted by Gasteiger charge is -2.22. The highest BCUT2D eigenvalue weighted by Crippen LogP contribution is 2.20. The lowest BCUT2D eigenvalue weighted by molar-refractivity contribution is 0.0628. The quantitative estimate of drug-likeness (QED) is 0.774. The van der Waals surface area contributed by atoms with Gasteiger partial charge in [0.2, 0.25) is 0 Å². The van der Waals surface area contributed by atoms with Gasteiger partial charge < -0.3 is 20.1 Å². The molecule has 0 aliphatic carbocycles. The molecule has 6 heteroatoms. The third-order valence-corrected chi connectivity index (χ3v) is 3.16. The maximum absolute atomic E-state index is 12.4. The van der Waals surface area contributed by atoms with Crippen molar-refractivity contribution in [1.29, 1.82) is 0 Å². The molecule has 5 nitrogen and oxygen atoms in total. The number of benzene rings is 1. The maximum atomic E-state index is 12.4. The zero-order chi connectivity index (χ0) is 14.3. The molecule has 0 bridgehead atoms. The third-order valence-electron chi connectivity index (χ3n) is 2.66. The molecule has 2 N–H and O–H groups in total. The Kier molecular flexibility index (Phi) is 6.83. The Morgan fingerprint density at radius 3 is 2.37 bits per heavy atom. The van der Waals surface area contributed by atoms with Crippen molar-refractivity contribution in [1.82, 2.24) is 4.90 Å². The third kappa shape index (κ3) is 4.81. The van der Waals surface area contributed by atoms with E-state index in [2.05, 4.69) is 15.9 Å². The van der Waals surface area contributed by atoms with Gasteiger partial charge >= 0.3 is 0 Å². The van der Waals surface area contributed by atoms with Crippen LogP contribution in [0.2, 0.25) is 0 Å². The van der Waals surface area contributed by atoms with Crippen LogP contribution in [0.15, 0.2) is 22.7 Å². The molecule has 1 rings (SSSR count). The van der Waals surface area contributed by atoms with E-state index in [1.54, 1.807) is 37.3 Å². The van der Waals surface area contributed by atoms with Crippen LogP contribution in [0, 0.1) is 0 Å². The van der Waals surface area contributed by atoms with Crippen molar-refractivity contribution >= 4 is 27.5 Å². The Balaban J connectivity index is 2.87. The van der Waals surface area contributed by atoms with Crippen LogP contribution in [-0.4, -0.2) is 51.3 Å². The van der Waals surface area contributed by atoms with Crippen molar-refractivity contribution < 1.29 is 14.3 Å². The van der Waals surface area contributed by atoms with Gasteiger partial charge in [-0.15, -0.1) is 0 Å². The molecule has 1 aromatic rings. The standard InChI is InChI=1S/C13H19BrN2O3/c1-18-7-5-16(6-8-19-2)13(17)11-9-10(14)3-4-12(11)15/h3-4,9H,5-8,15H2,1-2H3. The summed E-state index contributed by atoms with van der Waals surface area (Å²) in [5.41, 5.74) is 6.81. The van der Waals surface area contributed by atoms with Gasteiger partial charge in [-0.2, -0.15) is 0 Å². The molecule has 0 aromatic heterocycles. The van der Waals surface area contributed by atoms with Crippen molar-refractivity contribution in [2.24, 2.45) is 0 Å². The summed E-state index contributed by atoms with van der Waals surface area (Å²) in [6.45, 7) is 1.96. The van der Waals surface area contributed by atoms with Crippen molar-refractivity contribution in [3.8, 4) is 0 Å². The Bertz CT molecular complexity index is 418. The van der Waals surface area contributed by atoms with Gasteiger partial charge in [-0.3, -0.25) is 4.79 Å². The highest BCUT2D eigenvalue weighted by atomic mass is 79.9. The number of hydrogen-bond acceptors (Lipinski definition) is 4. The number of nitrogen functional groups attached to an aromatic ring is 1. The predicted octanol–water partition coefficient (Wildman–Crippen LogP) is 1.77. The van der Waals surface area contributed by atoms with Crippen molar-refractivity contribution in [3.05, 3.63) is 28.2 Å². The molecule has 0 saturated carbocycles. The van der Waals surface area contributed by atoms with Crippen molar-refractivity contribution in [2.45, 2.75) is 0 Å². The minimum absolute atomic E-state index is 0.118. The number of rotatable bonds is 7. The first-order valence-corrected chi connectivity index (χ1v) is 6.71. The second-order valence-electron chi connectivity index (χ2n) is 4.01. The number of amides is 1. The summed E-state index contributed by atoms with van der Waals surface area (Å²) in [6.07, 6.45) is 0. The fraction of sp³-hybridized carbons (Fsp3) is 0.462. The van der Waals surface area contributed by atoms with E-state index in [0.29, 0.717) is 37.6 Å². The summed E-state index contributed by atoms with van der Waals surface area (Å²) in [4.78, 5) is 14.1. The van der Waals surface area contributed by atoms with E-state index >= 15 is 0 Å². The Hall–Kier alpha value is -1.11. The van der Waals surface area contributed by atoms with E-state index in [1.165, 1.54) is 0 Å². The SMILES string of the molecule is COCCN(CCOC)C(=O)c1cc(Br)ccc1N. The molecule has 0 fully saturated rings. The summed E-state index contributed by atoms with van der Waals surface area (Å²) >= 11 is 3.34. The molecule has 0 saturated heterocycles. The molecule has 0 radical (unpaired) electrons. The summed E-state index contributed by atoms with van der Waals surface area (Å²) in [5, 5.41) is 0. The molecule has 0 heterocycles. The van der Waals surface area contributed by atoms with Crippen molar-refractivity contribution in [2.75, 3.05) is 46.3 Å². The molecule has 19 heavy (non-hydrogen) atoms. The first kappa shape index (κ1) is 15.9. The van der Waals surface area contributed by atoms with E-state index < -0.39 is 0 Å². The molecular weight excluding hydrogens is 312 g/mol. The van der Waals surface area contributed by atoms with Crippen molar-refractivity contribution in [3.63, 3.8) is 0 Å². The van der Waals surface area contributed by atoms with Gasteiger partial charge in [0.25, 0.3) is 5.91 Å². The van der Waals surface area contributed by atoms with Gasteiger partial charge in [-0.25, -0.2) is 0 Å². The minimum Gasteiger partial charge on any atom is -0.398 e. The number of halogens is 1. The van der Waals surface area contributed by atoms with Crippen LogP contribution in [0.5, 0.6) is 0 Å². The number of carbonyl (C=O) groups excluding carboxylic acids is 1. The molecule has 0 spiro atoms. The Labute approximate surface area is 121 Å². The Morgan fingerprint density at radius 1 is 1.26 bits per heavy atom. The summed E-state index contributed by atoms with van der Waals surface area (Å²) in [5.74, 6) is -0.118. The van der Waals surface area contributed by atoms with Crippen LogP contribution in [0.4, 0.5) is 5.69 Å². The monoisotopic (exact) mass is 330 g/mol. The average molecular weight is 331 g/mol. The zero-order valence-corrected chi connectivity index (χ0v) is 12.8. The molecule has 0 aliphatic rings. The molecule has 106 valence electrons. The van der Waals surface area contributed by atoms with Crippen LogP contribution in [-0.2, 0) is 9.47 Å². The highest BCUT2D eigenvalue weighted by Gasteiger charge is 2.18. The summed E-state index contributed by atoms with van der Waals surface area (Å²) in [7, 11) is 3.21.